The topological polar surface area (TPSA) is 29.5 Å². The molecule has 90 valence electrons. The first-order valence-corrected chi connectivity index (χ1v) is 5.90. The quantitative estimate of drug-likeness (QED) is 0.802. The van der Waals surface area contributed by atoms with E-state index in [9.17, 15) is 5.11 Å². The van der Waals surface area contributed by atoms with Gasteiger partial charge in [-0.3, -0.25) is 0 Å². The first-order chi connectivity index (χ1) is 7.65. The molecule has 0 saturated carbocycles. The fourth-order valence-corrected chi connectivity index (χ4v) is 2.00. The van der Waals surface area contributed by atoms with Crippen LogP contribution < -0.4 is 0 Å². The van der Waals surface area contributed by atoms with Crippen LogP contribution in [-0.2, 0) is 11.2 Å². The molecule has 0 aromatic heterocycles. The first-order valence-electron chi connectivity index (χ1n) is 5.90. The predicted molar refractivity (Wildman–Crippen MR) is 66.4 cm³/mol. The summed E-state index contributed by atoms with van der Waals surface area (Å²) in [6, 6.07) is 10.2. The minimum absolute atomic E-state index is 0.0660. The number of aliphatic hydroxyl groups is 1. The van der Waals surface area contributed by atoms with Crippen LogP contribution in [0.4, 0.5) is 0 Å². The van der Waals surface area contributed by atoms with E-state index >= 15 is 0 Å². The largest absolute Gasteiger partial charge is 0.390 e. The molecule has 2 heteroatoms. The first kappa shape index (κ1) is 13.2. The van der Waals surface area contributed by atoms with Gasteiger partial charge in [-0.1, -0.05) is 44.2 Å². The van der Waals surface area contributed by atoms with Crippen molar-refractivity contribution in [2.24, 2.45) is 5.92 Å². The van der Waals surface area contributed by atoms with Crippen molar-refractivity contribution in [2.75, 3.05) is 7.11 Å². The van der Waals surface area contributed by atoms with Crippen molar-refractivity contribution in [3.63, 3.8) is 0 Å². The molecule has 0 saturated heterocycles. The molecule has 16 heavy (non-hydrogen) atoms. The van der Waals surface area contributed by atoms with Crippen molar-refractivity contribution in [3.05, 3.63) is 35.9 Å². The Kier molecular flexibility index (Phi) is 5.50. The van der Waals surface area contributed by atoms with Gasteiger partial charge in [-0.25, -0.2) is 0 Å². The molecule has 0 fully saturated rings. The summed E-state index contributed by atoms with van der Waals surface area (Å²) in [7, 11) is 1.66. The standard InChI is InChI=1S/C14H22O2/c1-11(2)14(16-3)13(15)10-9-12-7-5-4-6-8-12/h4-8,11,13-15H,9-10H2,1-3H3. The van der Waals surface area contributed by atoms with Crippen LogP contribution in [0.3, 0.4) is 0 Å². The van der Waals surface area contributed by atoms with E-state index in [0.717, 1.165) is 12.8 Å². The van der Waals surface area contributed by atoms with E-state index in [-0.39, 0.29) is 12.2 Å². The third-order valence-electron chi connectivity index (χ3n) is 2.88. The lowest BCUT2D eigenvalue weighted by molar-refractivity contribution is -0.0404. The summed E-state index contributed by atoms with van der Waals surface area (Å²) in [6.07, 6.45) is 1.20. The molecule has 0 aliphatic rings. The molecule has 0 spiro atoms. The molecule has 0 aliphatic carbocycles. The van der Waals surface area contributed by atoms with E-state index in [1.54, 1.807) is 7.11 Å². The average Bonchev–Trinajstić information content (AvgIpc) is 2.28. The van der Waals surface area contributed by atoms with E-state index in [1.165, 1.54) is 5.56 Å². The molecule has 2 unspecified atom stereocenters. The zero-order valence-corrected chi connectivity index (χ0v) is 10.4. The van der Waals surface area contributed by atoms with Crippen LogP contribution in [0.2, 0.25) is 0 Å². The van der Waals surface area contributed by atoms with E-state index < -0.39 is 0 Å². The molecule has 0 amide bonds. The van der Waals surface area contributed by atoms with E-state index in [0.29, 0.717) is 5.92 Å². The van der Waals surface area contributed by atoms with Crippen LogP contribution in [0.25, 0.3) is 0 Å². The maximum absolute atomic E-state index is 10.0. The van der Waals surface area contributed by atoms with Gasteiger partial charge in [-0.15, -0.1) is 0 Å². The highest BCUT2D eigenvalue weighted by Crippen LogP contribution is 2.15. The third kappa shape index (κ3) is 3.95. The van der Waals surface area contributed by atoms with Gasteiger partial charge in [0.1, 0.15) is 0 Å². The number of benzene rings is 1. The number of methoxy groups -OCH3 is 1. The van der Waals surface area contributed by atoms with Gasteiger partial charge < -0.3 is 9.84 Å². The summed E-state index contributed by atoms with van der Waals surface area (Å²) < 4.78 is 5.31. The fourth-order valence-electron chi connectivity index (χ4n) is 2.00. The maximum Gasteiger partial charge on any atom is 0.0853 e. The van der Waals surface area contributed by atoms with Gasteiger partial charge in [0.05, 0.1) is 12.2 Å². The maximum atomic E-state index is 10.0. The normalized spacial score (nSPS) is 15.1. The Labute approximate surface area is 98.3 Å². The highest BCUT2D eigenvalue weighted by molar-refractivity contribution is 5.14. The minimum atomic E-state index is -0.384. The summed E-state index contributed by atoms with van der Waals surface area (Å²) in [5.74, 6) is 0.343. The highest BCUT2D eigenvalue weighted by Gasteiger charge is 2.21. The molecule has 2 atom stereocenters. The molecule has 0 aliphatic heterocycles. The lowest BCUT2D eigenvalue weighted by atomic mass is 9.96. The third-order valence-corrected chi connectivity index (χ3v) is 2.88. The summed E-state index contributed by atoms with van der Waals surface area (Å²) in [5.41, 5.74) is 1.26. The number of hydrogen-bond acceptors (Lipinski definition) is 2. The second-order valence-corrected chi connectivity index (χ2v) is 4.54. The molecule has 1 aromatic rings. The van der Waals surface area contributed by atoms with Gasteiger partial charge in [0.15, 0.2) is 0 Å². The van der Waals surface area contributed by atoms with E-state index in [4.69, 9.17) is 4.74 Å². The molecule has 0 heterocycles. The Balaban J connectivity index is 2.43. The summed E-state index contributed by atoms with van der Waals surface area (Å²) >= 11 is 0. The Morgan fingerprint density at radius 2 is 1.81 bits per heavy atom. The lowest BCUT2D eigenvalue weighted by Gasteiger charge is -2.24. The molecule has 0 radical (unpaired) electrons. The van der Waals surface area contributed by atoms with Crippen molar-refractivity contribution in [2.45, 2.75) is 38.9 Å². The number of aryl methyl sites for hydroxylation is 1. The van der Waals surface area contributed by atoms with Crippen molar-refractivity contribution >= 4 is 0 Å². The van der Waals surface area contributed by atoms with Gasteiger partial charge in [0.25, 0.3) is 0 Å². The lowest BCUT2D eigenvalue weighted by Crippen LogP contribution is -2.33. The van der Waals surface area contributed by atoms with Gasteiger partial charge in [-0.2, -0.15) is 0 Å². The Bertz CT molecular complexity index is 282. The molecule has 1 N–H and O–H groups in total. The second-order valence-electron chi connectivity index (χ2n) is 4.54. The van der Waals surface area contributed by atoms with Crippen molar-refractivity contribution in [1.29, 1.82) is 0 Å². The van der Waals surface area contributed by atoms with Crippen molar-refractivity contribution in [1.82, 2.24) is 0 Å². The minimum Gasteiger partial charge on any atom is -0.390 e. The highest BCUT2D eigenvalue weighted by atomic mass is 16.5. The summed E-state index contributed by atoms with van der Waals surface area (Å²) in [4.78, 5) is 0. The molecule has 1 aromatic carbocycles. The number of ether oxygens (including phenoxy) is 1. The van der Waals surface area contributed by atoms with Gasteiger partial charge >= 0.3 is 0 Å². The Hall–Kier alpha value is -0.860. The molecule has 2 nitrogen and oxygen atoms in total. The van der Waals surface area contributed by atoms with Gasteiger partial charge in [0, 0.05) is 7.11 Å². The van der Waals surface area contributed by atoms with Crippen LogP contribution in [0.5, 0.6) is 0 Å². The number of hydrogen-bond donors (Lipinski definition) is 1. The zero-order chi connectivity index (χ0) is 12.0. The zero-order valence-electron chi connectivity index (χ0n) is 10.4. The monoisotopic (exact) mass is 222 g/mol. The van der Waals surface area contributed by atoms with Crippen LogP contribution in [0, 0.1) is 5.92 Å². The molecular formula is C14H22O2. The van der Waals surface area contributed by atoms with Crippen molar-refractivity contribution in [3.8, 4) is 0 Å². The Morgan fingerprint density at radius 3 is 2.31 bits per heavy atom. The SMILES string of the molecule is COC(C(C)C)C(O)CCc1ccccc1. The predicted octanol–water partition coefficient (Wildman–Crippen LogP) is 2.65. The molecule has 0 bridgehead atoms. The molecular weight excluding hydrogens is 200 g/mol. The van der Waals surface area contributed by atoms with E-state index in [2.05, 4.69) is 26.0 Å². The van der Waals surface area contributed by atoms with Gasteiger partial charge in [-0.05, 0) is 24.3 Å². The van der Waals surface area contributed by atoms with Crippen molar-refractivity contribution < 1.29 is 9.84 Å². The van der Waals surface area contributed by atoms with Crippen LogP contribution >= 0.6 is 0 Å². The van der Waals surface area contributed by atoms with Crippen LogP contribution in [-0.4, -0.2) is 24.4 Å². The average molecular weight is 222 g/mol. The number of rotatable bonds is 6. The molecule has 1 rings (SSSR count). The number of aliphatic hydroxyl groups excluding tert-OH is 1. The summed E-state index contributed by atoms with van der Waals surface area (Å²) in [5, 5.41) is 10.0. The van der Waals surface area contributed by atoms with Crippen LogP contribution in [0.1, 0.15) is 25.8 Å². The van der Waals surface area contributed by atoms with E-state index in [1.807, 2.05) is 18.2 Å². The second kappa shape index (κ2) is 6.66. The smallest absolute Gasteiger partial charge is 0.0853 e. The summed E-state index contributed by atoms with van der Waals surface area (Å²) in [6.45, 7) is 4.14. The van der Waals surface area contributed by atoms with Gasteiger partial charge in [0.2, 0.25) is 0 Å². The Morgan fingerprint density at radius 1 is 1.19 bits per heavy atom. The fraction of sp³-hybridized carbons (Fsp3) is 0.571. The van der Waals surface area contributed by atoms with Crippen LogP contribution in [0.15, 0.2) is 30.3 Å².